The number of likely N-dealkylation sites (tertiary alicyclic amines) is 2. The Balaban J connectivity index is 1.62. The molecule has 1 aliphatic carbocycles. The van der Waals surface area contributed by atoms with Gasteiger partial charge in [-0.1, -0.05) is 12.8 Å². The summed E-state index contributed by atoms with van der Waals surface area (Å²) in [5, 5.41) is 3.55. The predicted octanol–water partition coefficient (Wildman–Crippen LogP) is 2.31. The van der Waals surface area contributed by atoms with E-state index in [9.17, 15) is 14.4 Å². The van der Waals surface area contributed by atoms with Crippen LogP contribution in [0.15, 0.2) is 0 Å². The highest BCUT2D eigenvalue weighted by Crippen LogP contribution is 2.29. The predicted molar refractivity (Wildman–Crippen MR) is 112 cm³/mol. The van der Waals surface area contributed by atoms with Crippen molar-refractivity contribution in [2.75, 3.05) is 26.2 Å². The lowest BCUT2D eigenvalue weighted by molar-refractivity contribution is -0.149. The van der Waals surface area contributed by atoms with Crippen LogP contribution in [0.25, 0.3) is 0 Å². The summed E-state index contributed by atoms with van der Waals surface area (Å²) in [5.74, 6) is 0.0564. The Labute approximate surface area is 179 Å². The quantitative estimate of drug-likeness (QED) is 0.683. The molecular formula is C22H37N3O5. The molecule has 2 heterocycles. The molecule has 170 valence electrons. The van der Waals surface area contributed by atoms with Crippen molar-refractivity contribution in [3.63, 3.8) is 0 Å². The third-order valence-electron chi connectivity index (χ3n) is 6.21. The van der Waals surface area contributed by atoms with E-state index in [2.05, 4.69) is 5.32 Å². The smallest absolute Gasteiger partial charge is 0.411 e. The molecule has 0 aromatic heterocycles. The molecule has 0 spiro atoms. The van der Waals surface area contributed by atoms with Crippen molar-refractivity contribution in [1.29, 1.82) is 0 Å². The molecule has 0 aromatic rings. The van der Waals surface area contributed by atoms with Crippen LogP contribution in [0.2, 0.25) is 0 Å². The van der Waals surface area contributed by atoms with Crippen molar-refractivity contribution in [3.8, 4) is 0 Å². The summed E-state index contributed by atoms with van der Waals surface area (Å²) in [6, 6.07) is -0.793. The van der Waals surface area contributed by atoms with Crippen LogP contribution < -0.4 is 5.32 Å². The molecule has 1 saturated carbocycles. The summed E-state index contributed by atoms with van der Waals surface area (Å²) < 4.78 is 10.8. The van der Waals surface area contributed by atoms with Gasteiger partial charge in [-0.25, -0.2) is 9.59 Å². The van der Waals surface area contributed by atoms with E-state index < -0.39 is 23.7 Å². The Hall–Kier alpha value is -1.83. The molecule has 3 rings (SSSR count). The first-order chi connectivity index (χ1) is 14.2. The van der Waals surface area contributed by atoms with Gasteiger partial charge in [0.1, 0.15) is 11.6 Å². The van der Waals surface area contributed by atoms with Gasteiger partial charge in [0, 0.05) is 37.6 Å². The zero-order valence-electron chi connectivity index (χ0n) is 18.8. The Morgan fingerprint density at radius 3 is 2.37 bits per heavy atom. The SMILES string of the molecule is CCOC(=O)[C@@H]1[C@H](N[C@H]2CCN(C(=O)C3CCCC3)C2)CCN1C(=O)OC(C)(C)C. The standard InChI is InChI=1S/C22H37N3O5/c1-5-29-20(27)18-17(11-13-25(18)21(28)30-22(2,3)4)23-16-10-12-24(14-16)19(26)15-8-6-7-9-15/h15-18,23H,5-14H2,1-4H3/t16-,17+,18-/m0/s1. The van der Waals surface area contributed by atoms with Gasteiger partial charge >= 0.3 is 12.1 Å². The van der Waals surface area contributed by atoms with Crippen molar-refractivity contribution >= 4 is 18.0 Å². The van der Waals surface area contributed by atoms with E-state index in [1.807, 2.05) is 25.7 Å². The van der Waals surface area contributed by atoms with Gasteiger partial charge in [-0.15, -0.1) is 0 Å². The van der Waals surface area contributed by atoms with E-state index in [1.54, 1.807) is 6.92 Å². The van der Waals surface area contributed by atoms with Crippen LogP contribution in [-0.2, 0) is 19.1 Å². The minimum Gasteiger partial charge on any atom is -0.464 e. The topological polar surface area (TPSA) is 88.2 Å². The van der Waals surface area contributed by atoms with Gasteiger partial charge in [0.05, 0.1) is 6.61 Å². The summed E-state index contributed by atoms with van der Waals surface area (Å²) in [4.78, 5) is 41.5. The number of nitrogens with one attached hydrogen (secondary N) is 1. The fourth-order valence-electron chi connectivity index (χ4n) is 4.84. The van der Waals surface area contributed by atoms with Gasteiger partial charge in [-0.3, -0.25) is 9.69 Å². The van der Waals surface area contributed by atoms with Gasteiger partial charge in [-0.2, -0.15) is 0 Å². The minimum absolute atomic E-state index is 0.121. The summed E-state index contributed by atoms with van der Waals surface area (Å²) in [7, 11) is 0. The van der Waals surface area contributed by atoms with Crippen LogP contribution in [0.3, 0.4) is 0 Å². The normalized spacial score (nSPS) is 27.5. The fourth-order valence-corrected chi connectivity index (χ4v) is 4.84. The second kappa shape index (κ2) is 9.54. The number of carbonyl (C=O) groups excluding carboxylic acids is 3. The zero-order valence-corrected chi connectivity index (χ0v) is 18.8. The van der Waals surface area contributed by atoms with Crippen LogP contribution in [0.1, 0.15) is 66.2 Å². The lowest BCUT2D eigenvalue weighted by Crippen LogP contribution is -2.53. The molecule has 0 aromatic carbocycles. The van der Waals surface area contributed by atoms with Crippen molar-refractivity contribution in [2.24, 2.45) is 5.92 Å². The molecule has 3 atom stereocenters. The highest BCUT2D eigenvalue weighted by Gasteiger charge is 2.45. The van der Waals surface area contributed by atoms with Gasteiger partial charge in [0.25, 0.3) is 0 Å². The summed E-state index contributed by atoms with van der Waals surface area (Å²) in [6.45, 7) is 9.30. The van der Waals surface area contributed by atoms with Gasteiger partial charge in [0.2, 0.25) is 5.91 Å². The first-order valence-electron chi connectivity index (χ1n) is 11.4. The minimum atomic E-state index is -0.709. The molecule has 1 N–H and O–H groups in total. The lowest BCUT2D eigenvalue weighted by atomic mass is 10.1. The molecule has 8 heteroatoms. The summed E-state index contributed by atoms with van der Waals surface area (Å²) >= 11 is 0. The van der Waals surface area contributed by atoms with Gasteiger partial charge < -0.3 is 19.7 Å². The first kappa shape index (κ1) is 22.8. The second-order valence-electron chi connectivity index (χ2n) is 9.68. The third-order valence-corrected chi connectivity index (χ3v) is 6.21. The van der Waals surface area contributed by atoms with Crippen LogP contribution >= 0.6 is 0 Å². The van der Waals surface area contributed by atoms with Gasteiger partial charge in [0.15, 0.2) is 0 Å². The number of ether oxygens (including phenoxy) is 2. The number of carbonyl (C=O) groups is 3. The Bertz CT molecular complexity index is 641. The number of rotatable bonds is 5. The van der Waals surface area contributed by atoms with Crippen LogP contribution in [0.5, 0.6) is 0 Å². The fraction of sp³-hybridized carbons (Fsp3) is 0.864. The molecule has 3 fully saturated rings. The number of hydrogen-bond donors (Lipinski definition) is 1. The largest absolute Gasteiger partial charge is 0.464 e. The molecule has 3 aliphatic rings. The summed E-state index contributed by atoms with van der Waals surface area (Å²) in [6.07, 6.45) is 5.32. The van der Waals surface area contributed by atoms with Crippen molar-refractivity contribution < 1.29 is 23.9 Å². The molecule has 2 aliphatic heterocycles. The Kier molecular flexibility index (Phi) is 7.26. The van der Waals surface area contributed by atoms with E-state index in [-0.39, 0.29) is 30.5 Å². The molecular weight excluding hydrogens is 386 g/mol. The molecule has 0 unspecified atom stereocenters. The van der Waals surface area contributed by atoms with Crippen LogP contribution in [0, 0.1) is 5.92 Å². The average molecular weight is 424 g/mol. The van der Waals surface area contributed by atoms with E-state index in [0.717, 1.165) is 38.6 Å². The number of nitrogens with zero attached hydrogens (tertiary/aromatic N) is 2. The van der Waals surface area contributed by atoms with Crippen molar-refractivity contribution in [2.45, 2.75) is 89.9 Å². The maximum atomic E-state index is 12.7. The molecule has 2 amide bonds. The van der Waals surface area contributed by atoms with Crippen molar-refractivity contribution in [3.05, 3.63) is 0 Å². The van der Waals surface area contributed by atoms with Crippen molar-refractivity contribution in [1.82, 2.24) is 15.1 Å². The molecule has 0 radical (unpaired) electrons. The first-order valence-corrected chi connectivity index (χ1v) is 11.4. The molecule has 8 nitrogen and oxygen atoms in total. The Morgan fingerprint density at radius 1 is 1.03 bits per heavy atom. The maximum absolute atomic E-state index is 12.7. The Morgan fingerprint density at radius 2 is 1.73 bits per heavy atom. The summed E-state index contributed by atoms with van der Waals surface area (Å²) in [5.41, 5.74) is -0.631. The van der Waals surface area contributed by atoms with Crippen LogP contribution in [-0.4, -0.2) is 77.7 Å². The highest BCUT2D eigenvalue weighted by atomic mass is 16.6. The molecule has 30 heavy (non-hydrogen) atoms. The maximum Gasteiger partial charge on any atom is 0.411 e. The third kappa shape index (κ3) is 5.45. The monoisotopic (exact) mass is 423 g/mol. The zero-order chi connectivity index (χ0) is 21.9. The highest BCUT2D eigenvalue weighted by molar-refractivity contribution is 5.83. The molecule has 0 bridgehead atoms. The van der Waals surface area contributed by atoms with E-state index in [0.29, 0.717) is 19.5 Å². The number of amides is 2. The number of esters is 1. The van der Waals surface area contributed by atoms with Crippen LogP contribution in [0.4, 0.5) is 4.79 Å². The van der Waals surface area contributed by atoms with E-state index >= 15 is 0 Å². The van der Waals surface area contributed by atoms with Gasteiger partial charge in [-0.05, 0) is 53.4 Å². The lowest BCUT2D eigenvalue weighted by Gasteiger charge is -2.30. The van der Waals surface area contributed by atoms with E-state index in [4.69, 9.17) is 9.47 Å². The number of hydrogen-bond acceptors (Lipinski definition) is 6. The van der Waals surface area contributed by atoms with E-state index in [1.165, 1.54) is 4.90 Å². The molecule has 2 saturated heterocycles. The second-order valence-corrected chi connectivity index (χ2v) is 9.68. The average Bonchev–Trinajstić information content (AvgIpc) is 3.41.